The lowest BCUT2D eigenvalue weighted by atomic mass is 9.99. The second kappa shape index (κ2) is 5.16. The topological polar surface area (TPSA) is 17.1 Å². The number of carbonyl (C=O) groups excluding carboxylic acids is 1. The molecule has 3 heteroatoms. The molecule has 0 atom stereocenters. The molecule has 0 aliphatic heterocycles. The first-order valence-corrected chi connectivity index (χ1v) is 6.73. The quantitative estimate of drug-likeness (QED) is 0.775. The van der Waals surface area contributed by atoms with Crippen molar-refractivity contribution in [2.45, 2.75) is 25.7 Å². The fraction of sp³-hybridized carbons (Fsp3) is 0.235. The predicted octanol–water partition coefficient (Wildman–Crippen LogP) is 3.88. The molecule has 0 aromatic heterocycles. The summed E-state index contributed by atoms with van der Waals surface area (Å²) in [6.45, 7) is 0. The molecule has 0 fully saturated rings. The summed E-state index contributed by atoms with van der Waals surface area (Å²) in [5.41, 5.74) is 2.84. The second-order valence-electron chi connectivity index (χ2n) is 5.14. The summed E-state index contributed by atoms with van der Waals surface area (Å²) in [6, 6.07) is 9.22. The molecule has 20 heavy (non-hydrogen) atoms. The summed E-state index contributed by atoms with van der Waals surface area (Å²) in [7, 11) is 0. The molecular formula is C17H14F2O. The second-order valence-corrected chi connectivity index (χ2v) is 5.14. The third-order valence-electron chi connectivity index (χ3n) is 3.82. The lowest BCUT2D eigenvalue weighted by Crippen LogP contribution is -2.08. The Kier molecular flexibility index (Phi) is 3.35. The van der Waals surface area contributed by atoms with Gasteiger partial charge >= 0.3 is 0 Å². The fourth-order valence-corrected chi connectivity index (χ4v) is 2.71. The SMILES string of the molecule is O=C(Cc1c(F)cccc1F)c1ccc2c(c1)CCC2. The van der Waals surface area contributed by atoms with E-state index in [1.807, 2.05) is 12.1 Å². The summed E-state index contributed by atoms with van der Waals surface area (Å²) in [5.74, 6) is -1.58. The number of halogens is 2. The number of carbonyl (C=O) groups is 1. The van der Waals surface area contributed by atoms with Gasteiger partial charge in [-0.15, -0.1) is 0 Å². The first-order valence-electron chi connectivity index (χ1n) is 6.73. The van der Waals surface area contributed by atoms with Crippen molar-refractivity contribution >= 4 is 5.78 Å². The van der Waals surface area contributed by atoms with Crippen molar-refractivity contribution in [3.8, 4) is 0 Å². The molecular weight excluding hydrogens is 258 g/mol. The molecule has 0 unspecified atom stereocenters. The molecule has 1 aliphatic rings. The maximum absolute atomic E-state index is 13.6. The molecule has 1 aliphatic carbocycles. The van der Waals surface area contributed by atoms with E-state index in [4.69, 9.17) is 0 Å². The predicted molar refractivity (Wildman–Crippen MR) is 72.9 cm³/mol. The van der Waals surface area contributed by atoms with Gasteiger partial charge in [0.25, 0.3) is 0 Å². The molecule has 0 bridgehead atoms. The van der Waals surface area contributed by atoms with Crippen molar-refractivity contribution in [3.63, 3.8) is 0 Å². The van der Waals surface area contributed by atoms with Gasteiger partial charge in [-0.2, -0.15) is 0 Å². The highest BCUT2D eigenvalue weighted by atomic mass is 19.1. The summed E-state index contributed by atoms with van der Waals surface area (Å²) < 4.78 is 27.1. The van der Waals surface area contributed by atoms with E-state index in [1.165, 1.54) is 29.3 Å². The molecule has 0 heterocycles. The molecule has 0 saturated carbocycles. The Labute approximate surface area is 116 Å². The molecule has 0 spiro atoms. The summed E-state index contributed by atoms with van der Waals surface area (Å²) in [4.78, 5) is 12.2. The average molecular weight is 272 g/mol. The van der Waals surface area contributed by atoms with E-state index in [-0.39, 0.29) is 17.8 Å². The number of aryl methyl sites for hydroxylation is 2. The molecule has 0 radical (unpaired) electrons. The lowest BCUT2D eigenvalue weighted by molar-refractivity contribution is 0.0990. The summed E-state index contributed by atoms with van der Waals surface area (Å²) in [5, 5.41) is 0. The Morgan fingerprint density at radius 2 is 1.70 bits per heavy atom. The minimum Gasteiger partial charge on any atom is -0.294 e. The van der Waals surface area contributed by atoms with Gasteiger partial charge in [-0.05, 0) is 48.6 Å². The van der Waals surface area contributed by atoms with Crippen LogP contribution in [-0.4, -0.2) is 5.78 Å². The highest BCUT2D eigenvalue weighted by Crippen LogP contribution is 2.24. The van der Waals surface area contributed by atoms with Crippen LogP contribution in [0, 0.1) is 11.6 Å². The van der Waals surface area contributed by atoms with Crippen molar-refractivity contribution in [1.82, 2.24) is 0 Å². The Morgan fingerprint density at radius 1 is 1.00 bits per heavy atom. The highest BCUT2D eigenvalue weighted by Gasteiger charge is 2.17. The third-order valence-corrected chi connectivity index (χ3v) is 3.82. The van der Waals surface area contributed by atoms with Gasteiger partial charge in [0.05, 0.1) is 0 Å². The van der Waals surface area contributed by atoms with E-state index in [0.29, 0.717) is 5.56 Å². The number of hydrogen-bond donors (Lipinski definition) is 0. The lowest BCUT2D eigenvalue weighted by Gasteiger charge is -2.06. The number of benzene rings is 2. The van der Waals surface area contributed by atoms with Crippen LogP contribution in [-0.2, 0) is 19.3 Å². The number of ketones is 1. The van der Waals surface area contributed by atoms with Gasteiger partial charge in [0.1, 0.15) is 11.6 Å². The smallest absolute Gasteiger partial charge is 0.167 e. The van der Waals surface area contributed by atoms with Crippen molar-refractivity contribution in [2.75, 3.05) is 0 Å². The van der Waals surface area contributed by atoms with Crippen LogP contribution < -0.4 is 0 Å². The van der Waals surface area contributed by atoms with Crippen molar-refractivity contribution in [2.24, 2.45) is 0 Å². The monoisotopic (exact) mass is 272 g/mol. The Hall–Kier alpha value is -2.03. The molecule has 2 aromatic carbocycles. The van der Waals surface area contributed by atoms with Gasteiger partial charge in [0.2, 0.25) is 0 Å². The van der Waals surface area contributed by atoms with E-state index in [0.717, 1.165) is 19.3 Å². The molecule has 0 N–H and O–H groups in total. The molecule has 1 nitrogen and oxygen atoms in total. The first kappa shape index (κ1) is 13.0. The van der Waals surface area contributed by atoms with E-state index in [2.05, 4.69) is 0 Å². The molecule has 3 rings (SSSR count). The molecule has 2 aromatic rings. The minimum absolute atomic E-state index is 0.155. The minimum atomic E-state index is -0.667. The number of hydrogen-bond acceptors (Lipinski definition) is 1. The first-order chi connectivity index (χ1) is 9.65. The summed E-state index contributed by atoms with van der Waals surface area (Å²) in [6.07, 6.45) is 2.89. The van der Waals surface area contributed by atoms with E-state index >= 15 is 0 Å². The molecule has 102 valence electrons. The van der Waals surface area contributed by atoms with Crippen molar-refractivity contribution < 1.29 is 13.6 Å². The van der Waals surface area contributed by atoms with Gasteiger partial charge in [0.15, 0.2) is 5.78 Å². The third kappa shape index (κ3) is 2.36. The van der Waals surface area contributed by atoms with Crippen LogP contribution in [0.1, 0.15) is 33.5 Å². The Morgan fingerprint density at radius 3 is 2.45 bits per heavy atom. The average Bonchev–Trinajstić information content (AvgIpc) is 2.90. The normalized spacial score (nSPS) is 13.3. The van der Waals surface area contributed by atoms with Crippen LogP contribution in [0.3, 0.4) is 0 Å². The Balaban J connectivity index is 1.86. The zero-order chi connectivity index (χ0) is 14.1. The maximum Gasteiger partial charge on any atom is 0.167 e. The van der Waals surface area contributed by atoms with Crippen LogP contribution in [0.15, 0.2) is 36.4 Å². The van der Waals surface area contributed by atoms with Crippen molar-refractivity contribution in [1.29, 1.82) is 0 Å². The van der Waals surface area contributed by atoms with E-state index in [9.17, 15) is 13.6 Å². The van der Waals surface area contributed by atoms with Gasteiger partial charge in [0, 0.05) is 17.5 Å². The molecule has 0 amide bonds. The number of rotatable bonds is 3. The number of Topliss-reactive ketones (excluding diaryl/α,β-unsaturated/α-hetero) is 1. The van der Waals surface area contributed by atoms with E-state index < -0.39 is 11.6 Å². The fourth-order valence-electron chi connectivity index (χ4n) is 2.71. The standard InChI is InChI=1S/C17H14F2O/c18-15-5-2-6-16(19)14(15)10-17(20)13-8-7-11-3-1-4-12(11)9-13/h2,5-9H,1,3-4,10H2. The van der Waals surface area contributed by atoms with Gasteiger partial charge in [-0.25, -0.2) is 8.78 Å². The van der Waals surface area contributed by atoms with Crippen LogP contribution in [0.2, 0.25) is 0 Å². The van der Waals surface area contributed by atoms with Crippen LogP contribution >= 0.6 is 0 Å². The zero-order valence-electron chi connectivity index (χ0n) is 11.0. The van der Waals surface area contributed by atoms with Gasteiger partial charge < -0.3 is 0 Å². The van der Waals surface area contributed by atoms with Crippen LogP contribution in [0.4, 0.5) is 8.78 Å². The zero-order valence-corrected chi connectivity index (χ0v) is 11.0. The van der Waals surface area contributed by atoms with Crippen LogP contribution in [0.25, 0.3) is 0 Å². The van der Waals surface area contributed by atoms with Crippen LogP contribution in [0.5, 0.6) is 0 Å². The largest absolute Gasteiger partial charge is 0.294 e. The van der Waals surface area contributed by atoms with Gasteiger partial charge in [-0.3, -0.25) is 4.79 Å². The maximum atomic E-state index is 13.6. The van der Waals surface area contributed by atoms with Crippen molar-refractivity contribution in [3.05, 3.63) is 70.3 Å². The summed E-state index contributed by atoms with van der Waals surface area (Å²) >= 11 is 0. The van der Waals surface area contributed by atoms with E-state index in [1.54, 1.807) is 6.07 Å². The highest BCUT2D eigenvalue weighted by molar-refractivity contribution is 5.97. The molecule has 0 saturated heterocycles. The number of fused-ring (bicyclic) bond motifs is 1. The van der Waals surface area contributed by atoms with Gasteiger partial charge in [-0.1, -0.05) is 18.2 Å². The Bertz CT molecular complexity index is 656.